The first-order chi connectivity index (χ1) is 8.94. The molecule has 4 heteroatoms. The van der Waals surface area contributed by atoms with Crippen LogP contribution in [-0.2, 0) is 4.79 Å². The van der Waals surface area contributed by atoms with Gasteiger partial charge < -0.3 is 5.11 Å². The van der Waals surface area contributed by atoms with Gasteiger partial charge in [0.2, 0.25) is 0 Å². The molecule has 0 atom stereocenters. The van der Waals surface area contributed by atoms with Gasteiger partial charge in [-0.2, -0.15) is 12.6 Å². The first-order valence-corrected chi connectivity index (χ1v) is 10.1. The van der Waals surface area contributed by atoms with Crippen molar-refractivity contribution in [3.63, 3.8) is 0 Å². The van der Waals surface area contributed by atoms with Crippen molar-refractivity contribution in [2.75, 3.05) is 0 Å². The van der Waals surface area contributed by atoms with Gasteiger partial charge in [0.25, 0.3) is 0 Å². The molecule has 0 aromatic heterocycles. The van der Waals surface area contributed by atoms with Gasteiger partial charge in [-0.3, -0.25) is 4.79 Å². The maximum atomic E-state index is 10.4. The molecular weight excluding hydrogens is 272 g/mol. The second-order valence-electron chi connectivity index (χ2n) is 5.22. The van der Waals surface area contributed by atoms with E-state index in [-0.39, 0.29) is 6.42 Å². The molecule has 0 radical (unpaired) electrons. The lowest BCUT2D eigenvalue weighted by atomic mass is 10.2. The Hall–Kier alpha value is -1.00. The van der Waals surface area contributed by atoms with E-state index in [0.717, 1.165) is 19.3 Å². The second-order valence-corrected chi connectivity index (χ2v) is 10.5. The third-order valence-corrected chi connectivity index (χ3v) is 8.44. The van der Waals surface area contributed by atoms with E-state index in [1.165, 1.54) is 9.72 Å². The largest absolute Gasteiger partial charge is 0.481 e. The first-order valence-electron chi connectivity index (χ1n) is 6.61. The summed E-state index contributed by atoms with van der Waals surface area (Å²) < 4.78 is 1.18. The molecule has 0 heterocycles. The van der Waals surface area contributed by atoms with Crippen LogP contribution in [0.25, 0.3) is 0 Å². The van der Waals surface area contributed by atoms with Crippen LogP contribution in [0.3, 0.4) is 0 Å². The number of unbranched alkanes of at least 4 members (excludes halogenated alkanes) is 2. The highest BCUT2D eigenvalue weighted by atomic mass is 32.1. The summed E-state index contributed by atoms with van der Waals surface area (Å²) in [6.45, 7) is 4.58. The van der Waals surface area contributed by atoms with E-state index in [2.05, 4.69) is 56.1 Å². The normalized spacial score (nSPS) is 12.5. The van der Waals surface area contributed by atoms with Crippen molar-refractivity contribution in [2.24, 2.45) is 0 Å². The Balaban J connectivity index is 2.56. The third-order valence-electron chi connectivity index (χ3n) is 3.32. The minimum absolute atomic E-state index is 0.259. The molecule has 0 spiro atoms. The standard InChI is InChI=1S/C15H22O2SSi/c1-19(2,13-9-5-3-6-10-13)15(18)12-8-4-7-11-14(16)17/h3,5-6,9-10,12,18H,4,7-8,11H2,1-2H3,(H,16,17)/b15-12+. The number of hydrogen-bond acceptors (Lipinski definition) is 2. The number of hydrogen-bond donors (Lipinski definition) is 2. The number of carboxylic acid groups (broad SMARTS) is 1. The number of thiol groups is 1. The fourth-order valence-electron chi connectivity index (χ4n) is 1.92. The summed E-state index contributed by atoms with van der Waals surface area (Å²) in [4.78, 5) is 10.4. The molecule has 0 unspecified atom stereocenters. The predicted molar refractivity (Wildman–Crippen MR) is 86.7 cm³/mol. The Morgan fingerprint density at radius 1 is 1.26 bits per heavy atom. The highest BCUT2D eigenvalue weighted by Gasteiger charge is 2.25. The number of benzene rings is 1. The summed E-state index contributed by atoms with van der Waals surface area (Å²) in [5.41, 5.74) is 0. The zero-order valence-electron chi connectivity index (χ0n) is 11.6. The minimum atomic E-state index is -1.66. The molecule has 1 aromatic rings. The molecule has 0 aliphatic carbocycles. The number of rotatable bonds is 7. The van der Waals surface area contributed by atoms with E-state index < -0.39 is 14.0 Å². The molecule has 0 saturated carbocycles. The monoisotopic (exact) mass is 294 g/mol. The van der Waals surface area contributed by atoms with E-state index in [0.29, 0.717) is 0 Å². The van der Waals surface area contributed by atoms with Crippen LogP contribution in [0, 0.1) is 0 Å². The van der Waals surface area contributed by atoms with Crippen LogP contribution in [0.1, 0.15) is 25.7 Å². The van der Waals surface area contributed by atoms with Gasteiger partial charge in [-0.1, -0.05) is 54.7 Å². The minimum Gasteiger partial charge on any atom is -0.481 e. The zero-order chi connectivity index (χ0) is 14.3. The quantitative estimate of drug-likeness (QED) is 0.458. The molecule has 104 valence electrons. The van der Waals surface area contributed by atoms with E-state index >= 15 is 0 Å². The van der Waals surface area contributed by atoms with Gasteiger partial charge in [0, 0.05) is 6.42 Å². The summed E-state index contributed by atoms with van der Waals surface area (Å²) in [5, 5.41) is 9.95. The SMILES string of the molecule is C[Si](C)(/C(S)=C/CCCCC(=O)O)c1ccccc1. The Morgan fingerprint density at radius 2 is 1.89 bits per heavy atom. The van der Waals surface area contributed by atoms with Crippen LogP contribution >= 0.6 is 12.6 Å². The maximum absolute atomic E-state index is 10.4. The first kappa shape index (κ1) is 16.1. The third kappa shape index (κ3) is 5.24. The molecule has 1 rings (SSSR count). The molecule has 0 aliphatic rings. The lowest BCUT2D eigenvalue weighted by Gasteiger charge is -2.23. The molecule has 0 aliphatic heterocycles. The lowest BCUT2D eigenvalue weighted by Crippen LogP contribution is -2.42. The molecular formula is C15H22O2SSi. The Morgan fingerprint density at radius 3 is 2.47 bits per heavy atom. The predicted octanol–water partition coefficient (Wildman–Crippen LogP) is 3.60. The average Bonchev–Trinajstić information content (AvgIpc) is 2.38. The summed E-state index contributed by atoms with van der Waals surface area (Å²) in [7, 11) is -1.66. The smallest absolute Gasteiger partial charge is 0.303 e. The van der Waals surface area contributed by atoms with Gasteiger partial charge in [-0.15, -0.1) is 0 Å². The van der Waals surface area contributed by atoms with E-state index in [9.17, 15) is 4.79 Å². The fraction of sp³-hybridized carbons (Fsp3) is 0.400. The van der Waals surface area contributed by atoms with Gasteiger partial charge in [0.15, 0.2) is 0 Å². The van der Waals surface area contributed by atoms with Crippen LogP contribution in [0.4, 0.5) is 0 Å². The lowest BCUT2D eigenvalue weighted by molar-refractivity contribution is -0.137. The Labute approximate surface area is 122 Å². The van der Waals surface area contributed by atoms with E-state index in [1.807, 2.05) is 6.07 Å². The molecule has 1 aromatic carbocycles. The number of allylic oxidation sites excluding steroid dienone is 1. The summed E-state index contributed by atoms with van der Waals surface area (Å²) >= 11 is 4.67. The van der Waals surface area contributed by atoms with Crippen molar-refractivity contribution in [1.29, 1.82) is 0 Å². The molecule has 2 nitrogen and oxygen atoms in total. The molecule has 19 heavy (non-hydrogen) atoms. The molecule has 1 N–H and O–H groups in total. The Kier molecular flexibility index (Phi) is 6.38. The van der Waals surface area contributed by atoms with Crippen molar-refractivity contribution in [2.45, 2.75) is 38.8 Å². The summed E-state index contributed by atoms with van der Waals surface area (Å²) in [6, 6.07) is 10.5. The van der Waals surface area contributed by atoms with Crippen LogP contribution in [0.15, 0.2) is 40.9 Å². The van der Waals surface area contributed by atoms with Gasteiger partial charge >= 0.3 is 5.97 Å². The topological polar surface area (TPSA) is 37.3 Å². The maximum Gasteiger partial charge on any atom is 0.303 e. The van der Waals surface area contributed by atoms with Crippen molar-refractivity contribution >= 4 is 31.9 Å². The van der Waals surface area contributed by atoms with Crippen molar-refractivity contribution in [3.8, 4) is 0 Å². The van der Waals surface area contributed by atoms with Crippen LogP contribution in [0.2, 0.25) is 13.1 Å². The van der Waals surface area contributed by atoms with Crippen LogP contribution in [-0.4, -0.2) is 19.1 Å². The highest BCUT2D eigenvalue weighted by Crippen LogP contribution is 2.20. The number of carbonyl (C=O) groups is 1. The van der Waals surface area contributed by atoms with Crippen molar-refractivity contribution in [3.05, 3.63) is 40.9 Å². The van der Waals surface area contributed by atoms with Gasteiger partial charge in [0.05, 0.1) is 0 Å². The van der Waals surface area contributed by atoms with Gasteiger partial charge in [-0.25, -0.2) is 0 Å². The summed E-state index contributed by atoms with van der Waals surface area (Å²) in [5.74, 6) is -0.714. The van der Waals surface area contributed by atoms with Gasteiger partial charge in [-0.05, 0) is 23.8 Å². The highest BCUT2D eigenvalue weighted by molar-refractivity contribution is 7.87. The van der Waals surface area contributed by atoms with Crippen molar-refractivity contribution < 1.29 is 9.90 Å². The fourth-order valence-corrected chi connectivity index (χ4v) is 4.41. The van der Waals surface area contributed by atoms with Crippen LogP contribution in [0.5, 0.6) is 0 Å². The summed E-state index contributed by atoms with van der Waals surface area (Å²) in [6.07, 6.45) is 4.99. The molecule has 0 fully saturated rings. The molecule has 0 saturated heterocycles. The Bertz CT molecular complexity index is 441. The molecule has 0 amide bonds. The average molecular weight is 294 g/mol. The second kappa shape index (κ2) is 7.55. The van der Waals surface area contributed by atoms with E-state index in [1.54, 1.807) is 0 Å². The zero-order valence-corrected chi connectivity index (χ0v) is 13.5. The molecule has 0 bridgehead atoms. The van der Waals surface area contributed by atoms with Gasteiger partial charge in [0.1, 0.15) is 8.07 Å². The van der Waals surface area contributed by atoms with Crippen molar-refractivity contribution in [1.82, 2.24) is 0 Å². The number of carboxylic acids is 1. The number of aliphatic carboxylic acids is 1. The van der Waals surface area contributed by atoms with E-state index in [4.69, 9.17) is 5.11 Å². The van der Waals surface area contributed by atoms with Crippen LogP contribution < -0.4 is 5.19 Å².